The first-order valence-electron chi connectivity index (χ1n) is 6.58. The molecule has 1 aromatic rings. The van der Waals surface area contributed by atoms with Gasteiger partial charge in [-0.25, -0.2) is 4.39 Å². The highest BCUT2D eigenvalue weighted by Gasteiger charge is 2.15. The second kappa shape index (κ2) is 6.83. The molecule has 1 aliphatic heterocycles. The van der Waals surface area contributed by atoms with Gasteiger partial charge < -0.3 is 10.0 Å². The second-order valence-electron chi connectivity index (χ2n) is 4.78. The van der Waals surface area contributed by atoms with Gasteiger partial charge in [-0.05, 0) is 24.1 Å². The molecule has 1 N–H and O–H groups in total. The number of piperazine rings is 1. The number of hydrogen-bond donors (Lipinski definition) is 1. The molecule has 0 atom stereocenters. The number of aliphatic hydroxyl groups excluding tert-OH is 1. The Labute approximate surface area is 108 Å². The lowest BCUT2D eigenvalue weighted by molar-refractivity contribution is 0.113. The van der Waals surface area contributed by atoms with Crippen LogP contribution in [-0.4, -0.2) is 60.8 Å². The van der Waals surface area contributed by atoms with Gasteiger partial charge in [0.05, 0.1) is 6.61 Å². The van der Waals surface area contributed by atoms with E-state index in [1.54, 1.807) is 0 Å². The Kier molecular flexibility index (Phi) is 5.11. The van der Waals surface area contributed by atoms with Crippen LogP contribution in [0.4, 0.5) is 4.39 Å². The summed E-state index contributed by atoms with van der Waals surface area (Å²) in [5.41, 5.74) is 1.19. The van der Waals surface area contributed by atoms with E-state index < -0.39 is 0 Å². The van der Waals surface area contributed by atoms with E-state index in [0.29, 0.717) is 0 Å². The van der Waals surface area contributed by atoms with Crippen molar-refractivity contribution in [2.45, 2.75) is 6.42 Å². The van der Waals surface area contributed by atoms with Crippen LogP contribution in [0.1, 0.15) is 5.56 Å². The topological polar surface area (TPSA) is 26.7 Å². The number of aliphatic hydroxyl groups is 1. The highest BCUT2D eigenvalue weighted by molar-refractivity contribution is 5.16. The molecule has 1 heterocycles. The Hall–Kier alpha value is -0.970. The van der Waals surface area contributed by atoms with E-state index in [1.807, 2.05) is 12.1 Å². The zero-order valence-electron chi connectivity index (χ0n) is 10.7. The molecule has 0 aliphatic carbocycles. The molecular formula is C14H21FN2O. The summed E-state index contributed by atoms with van der Waals surface area (Å²) in [6, 6.07) is 6.76. The van der Waals surface area contributed by atoms with Crippen molar-refractivity contribution >= 4 is 0 Å². The maximum atomic E-state index is 12.8. The number of nitrogens with zero attached hydrogens (tertiary/aromatic N) is 2. The standard InChI is InChI=1S/C14H21FN2O/c15-14-3-1-13(2-4-14)5-6-16-7-9-17(10-8-16)11-12-18/h1-4,18H,5-12H2. The molecule has 0 radical (unpaired) electrons. The highest BCUT2D eigenvalue weighted by atomic mass is 19.1. The summed E-state index contributed by atoms with van der Waals surface area (Å²) in [4.78, 5) is 4.71. The predicted molar refractivity (Wildman–Crippen MR) is 70.1 cm³/mol. The first-order chi connectivity index (χ1) is 8.78. The van der Waals surface area contributed by atoms with Crippen LogP contribution in [0, 0.1) is 5.82 Å². The van der Waals surface area contributed by atoms with Gasteiger partial charge in [-0.2, -0.15) is 0 Å². The lowest BCUT2D eigenvalue weighted by Crippen LogP contribution is -2.47. The molecule has 1 aliphatic rings. The number of benzene rings is 1. The quantitative estimate of drug-likeness (QED) is 0.846. The molecular weight excluding hydrogens is 231 g/mol. The van der Waals surface area contributed by atoms with Crippen LogP contribution in [-0.2, 0) is 6.42 Å². The smallest absolute Gasteiger partial charge is 0.123 e. The zero-order chi connectivity index (χ0) is 12.8. The summed E-state index contributed by atoms with van der Waals surface area (Å²) in [5.74, 6) is -0.170. The SMILES string of the molecule is OCCN1CCN(CCc2ccc(F)cc2)CC1. The zero-order valence-corrected chi connectivity index (χ0v) is 10.7. The van der Waals surface area contributed by atoms with E-state index >= 15 is 0 Å². The molecule has 4 heteroatoms. The van der Waals surface area contributed by atoms with Crippen molar-refractivity contribution in [3.8, 4) is 0 Å². The van der Waals surface area contributed by atoms with Crippen LogP contribution in [0.15, 0.2) is 24.3 Å². The summed E-state index contributed by atoms with van der Waals surface area (Å²) in [6.45, 7) is 6.23. The van der Waals surface area contributed by atoms with Crippen molar-refractivity contribution < 1.29 is 9.50 Å². The van der Waals surface area contributed by atoms with Crippen molar-refractivity contribution in [2.75, 3.05) is 45.9 Å². The van der Waals surface area contributed by atoms with Gasteiger partial charge in [-0.3, -0.25) is 4.90 Å². The molecule has 0 aromatic heterocycles. The molecule has 0 bridgehead atoms. The number of halogens is 1. The lowest BCUT2D eigenvalue weighted by Gasteiger charge is -2.34. The molecule has 1 saturated heterocycles. The molecule has 0 saturated carbocycles. The van der Waals surface area contributed by atoms with Crippen molar-refractivity contribution in [1.29, 1.82) is 0 Å². The summed E-state index contributed by atoms with van der Waals surface area (Å²) in [5, 5.41) is 8.87. The van der Waals surface area contributed by atoms with Crippen LogP contribution in [0.5, 0.6) is 0 Å². The molecule has 3 nitrogen and oxygen atoms in total. The molecule has 0 unspecified atom stereocenters. The first kappa shape index (κ1) is 13.5. The molecule has 1 aromatic carbocycles. The third-order valence-corrected chi connectivity index (χ3v) is 3.51. The molecule has 0 spiro atoms. The monoisotopic (exact) mass is 252 g/mol. The minimum absolute atomic E-state index is 0.170. The largest absolute Gasteiger partial charge is 0.395 e. The maximum Gasteiger partial charge on any atom is 0.123 e. The van der Waals surface area contributed by atoms with E-state index in [1.165, 1.54) is 17.7 Å². The fourth-order valence-corrected chi connectivity index (χ4v) is 2.32. The molecule has 0 amide bonds. The van der Waals surface area contributed by atoms with Crippen LogP contribution in [0.3, 0.4) is 0 Å². The lowest BCUT2D eigenvalue weighted by atomic mass is 10.1. The Balaban J connectivity index is 1.70. The van der Waals surface area contributed by atoms with Crippen LogP contribution >= 0.6 is 0 Å². The molecule has 1 fully saturated rings. The minimum Gasteiger partial charge on any atom is -0.395 e. The van der Waals surface area contributed by atoms with Crippen LogP contribution < -0.4 is 0 Å². The highest BCUT2D eigenvalue weighted by Crippen LogP contribution is 2.06. The van der Waals surface area contributed by atoms with Gasteiger partial charge >= 0.3 is 0 Å². The number of hydrogen-bond acceptors (Lipinski definition) is 3. The van der Waals surface area contributed by atoms with Gasteiger partial charge in [0.25, 0.3) is 0 Å². The van der Waals surface area contributed by atoms with E-state index in [4.69, 9.17) is 5.11 Å². The number of rotatable bonds is 5. The van der Waals surface area contributed by atoms with Gasteiger partial charge in [-0.15, -0.1) is 0 Å². The third kappa shape index (κ3) is 4.05. The van der Waals surface area contributed by atoms with E-state index in [-0.39, 0.29) is 12.4 Å². The Morgan fingerprint density at radius 2 is 1.50 bits per heavy atom. The van der Waals surface area contributed by atoms with Gasteiger partial charge in [0, 0.05) is 39.3 Å². The average molecular weight is 252 g/mol. The third-order valence-electron chi connectivity index (χ3n) is 3.51. The average Bonchev–Trinajstić information content (AvgIpc) is 2.40. The second-order valence-corrected chi connectivity index (χ2v) is 4.78. The first-order valence-corrected chi connectivity index (χ1v) is 6.58. The Morgan fingerprint density at radius 1 is 0.944 bits per heavy atom. The summed E-state index contributed by atoms with van der Waals surface area (Å²) in [6.07, 6.45) is 0.972. The van der Waals surface area contributed by atoms with E-state index in [2.05, 4.69) is 9.80 Å². The fraction of sp³-hybridized carbons (Fsp3) is 0.571. The fourth-order valence-electron chi connectivity index (χ4n) is 2.32. The maximum absolute atomic E-state index is 12.8. The van der Waals surface area contributed by atoms with Crippen molar-refractivity contribution in [2.24, 2.45) is 0 Å². The summed E-state index contributed by atoms with van der Waals surface area (Å²) in [7, 11) is 0. The number of β-amino-alcohol motifs (C(OH)–C–C–N with tert-alkyl or cyclic N) is 1. The van der Waals surface area contributed by atoms with Crippen molar-refractivity contribution in [1.82, 2.24) is 9.80 Å². The molecule has 2 rings (SSSR count). The summed E-state index contributed by atoms with van der Waals surface area (Å²) < 4.78 is 12.8. The minimum atomic E-state index is -0.170. The van der Waals surface area contributed by atoms with Crippen LogP contribution in [0.25, 0.3) is 0 Å². The molecule has 18 heavy (non-hydrogen) atoms. The van der Waals surface area contributed by atoms with E-state index in [0.717, 1.165) is 45.7 Å². The summed E-state index contributed by atoms with van der Waals surface area (Å²) >= 11 is 0. The van der Waals surface area contributed by atoms with Gasteiger partial charge in [0.2, 0.25) is 0 Å². The molecule has 100 valence electrons. The van der Waals surface area contributed by atoms with E-state index in [9.17, 15) is 4.39 Å². The normalized spacial score (nSPS) is 18.1. The van der Waals surface area contributed by atoms with Gasteiger partial charge in [-0.1, -0.05) is 12.1 Å². The Morgan fingerprint density at radius 3 is 2.06 bits per heavy atom. The van der Waals surface area contributed by atoms with Crippen molar-refractivity contribution in [3.63, 3.8) is 0 Å². The predicted octanol–water partition coefficient (Wildman–Crippen LogP) is 0.978. The van der Waals surface area contributed by atoms with Gasteiger partial charge in [0.1, 0.15) is 5.82 Å². The van der Waals surface area contributed by atoms with Crippen LogP contribution in [0.2, 0.25) is 0 Å². The Bertz CT molecular complexity index is 347. The van der Waals surface area contributed by atoms with Gasteiger partial charge in [0.15, 0.2) is 0 Å². The van der Waals surface area contributed by atoms with Crippen molar-refractivity contribution in [3.05, 3.63) is 35.6 Å².